The van der Waals surface area contributed by atoms with Gasteiger partial charge in [0.05, 0.1) is 23.8 Å². The highest BCUT2D eigenvalue weighted by molar-refractivity contribution is 6.01. The fourth-order valence-electron chi connectivity index (χ4n) is 2.27. The minimum atomic E-state index is -1.04. The van der Waals surface area contributed by atoms with Crippen LogP contribution in [0, 0.1) is 6.92 Å². The first-order valence-corrected chi connectivity index (χ1v) is 6.32. The van der Waals surface area contributed by atoms with Crippen molar-refractivity contribution in [3.63, 3.8) is 0 Å². The number of benzene rings is 1. The van der Waals surface area contributed by atoms with Crippen LogP contribution >= 0.6 is 0 Å². The molecule has 0 bridgehead atoms. The van der Waals surface area contributed by atoms with Gasteiger partial charge in [-0.25, -0.2) is 4.79 Å². The van der Waals surface area contributed by atoms with E-state index in [9.17, 15) is 9.59 Å². The molecule has 1 aliphatic rings. The summed E-state index contributed by atoms with van der Waals surface area (Å²) in [6.07, 6.45) is 2.08. The van der Waals surface area contributed by atoms with E-state index in [1.54, 1.807) is 25.1 Å². The van der Waals surface area contributed by atoms with Gasteiger partial charge in [-0.3, -0.25) is 4.79 Å². The second-order valence-corrected chi connectivity index (χ2v) is 4.69. The van der Waals surface area contributed by atoms with Crippen LogP contribution in [0.5, 0.6) is 0 Å². The fraction of sp³-hybridized carbons (Fsp3) is 0.429. The summed E-state index contributed by atoms with van der Waals surface area (Å²) in [4.78, 5) is 23.1. The molecule has 1 aromatic rings. The summed E-state index contributed by atoms with van der Waals surface area (Å²) in [6, 6.07) is 5.03. The number of anilines is 1. The summed E-state index contributed by atoms with van der Waals surface area (Å²) >= 11 is 0. The van der Waals surface area contributed by atoms with Crippen LogP contribution in [0.3, 0.4) is 0 Å². The summed E-state index contributed by atoms with van der Waals surface area (Å²) < 4.78 is 5.39. The van der Waals surface area contributed by atoms with Gasteiger partial charge in [0.15, 0.2) is 0 Å². The number of rotatable bonds is 4. The van der Waals surface area contributed by atoms with Gasteiger partial charge in [-0.15, -0.1) is 0 Å². The van der Waals surface area contributed by atoms with Gasteiger partial charge in [-0.1, -0.05) is 12.1 Å². The van der Waals surface area contributed by atoms with Crippen LogP contribution in [-0.2, 0) is 9.53 Å². The van der Waals surface area contributed by atoms with Gasteiger partial charge in [0, 0.05) is 6.61 Å². The highest BCUT2D eigenvalue weighted by atomic mass is 16.5. The molecular weight excluding hydrogens is 246 g/mol. The number of hydrogen-bond acceptors (Lipinski definition) is 3. The first kappa shape index (κ1) is 13.5. The molecular formula is C14H17NO4. The quantitative estimate of drug-likeness (QED) is 0.873. The molecule has 5 nitrogen and oxygen atoms in total. The van der Waals surface area contributed by atoms with E-state index in [2.05, 4.69) is 5.32 Å². The first-order valence-electron chi connectivity index (χ1n) is 6.32. The maximum Gasteiger partial charge on any atom is 0.338 e. The lowest BCUT2D eigenvalue weighted by Crippen LogP contribution is -2.20. The zero-order valence-corrected chi connectivity index (χ0v) is 10.8. The molecule has 0 aromatic heterocycles. The maximum atomic E-state index is 11.9. The second-order valence-electron chi connectivity index (χ2n) is 4.69. The Labute approximate surface area is 111 Å². The van der Waals surface area contributed by atoms with Crippen LogP contribution in [-0.4, -0.2) is 29.7 Å². The van der Waals surface area contributed by atoms with Gasteiger partial charge in [0.1, 0.15) is 0 Å². The van der Waals surface area contributed by atoms with Crippen molar-refractivity contribution >= 4 is 17.6 Å². The Morgan fingerprint density at radius 3 is 2.89 bits per heavy atom. The lowest BCUT2D eigenvalue weighted by Gasteiger charge is -2.12. The first-order chi connectivity index (χ1) is 9.08. The molecule has 0 aliphatic carbocycles. The molecule has 1 heterocycles. The number of nitrogens with one attached hydrogen (secondary N) is 1. The van der Waals surface area contributed by atoms with Gasteiger partial charge in [0.25, 0.3) is 0 Å². The van der Waals surface area contributed by atoms with E-state index in [1.165, 1.54) is 0 Å². The Morgan fingerprint density at radius 1 is 1.47 bits per heavy atom. The van der Waals surface area contributed by atoms with Crippen molar-refractivity contribution in [2.24, 2.45) is 0 Å². The Kier molecular flexibility index (Phi) is 4.16. The topological polar surface area (TPSA) is 75.6 Å². The summed E-state index contributed by atoms with van der Waals surface area (Å²) in [7, 11) is 0. The van der Waals surface area contributed by atoms with Crippen molar-refractivity contribution in [3.8, 4) is 0 Å². The zero-order valence-electron chi connectivity index (χ0n) is 10.8. The number of hydrogen-bond donors (Lipinski definition) is 2. The molecule has 0 spiro atoms. The molecule has 102 valence electrons. The maximum absolute atomic E-state index is 11.9. The van der Waals surface area contributed by atoms with E-state index in [0.717, 1.165) is 12.8 Å². The number of amides is 1. The average Bonchev–Trinajstić information content (AvgIpc) is 2.81. The minimum Gasteiger partial charge on any atom is -0.478 e. The summed E-state index contributed by atoms with van der Waals surface area (Å²) in [5.41, 5.74) is 1.11. The molecule has 1 aromatic carbocycles. The third-order valence-corrected chi connectivity index (χ3v) is 3.20. The smallest absolute Gasteiger partial charge is 0.338 e. The summed E-state index contributed by atoms with van der Waals surface area (Å²) in [6.45, 7) is 2.40. The monoisotopic (exact) mass is 263 g/mol. The van der Waals surface area contributed by atoms with E-state index in [-0.39, 0.29) is 24.0 Å². The molecule has 1 aliphatic heterocycles. The van der Waals surface area contributed by atoms with E-state index in [1.807, 2.05) is 0 Å². The van der Waals surface area contributed by atoms with Gasteiger partial charge < -0.3 is 15.2 Å². The Balaban J connectivity index is 2.07. The highest BCUT2D eigenvalue weighted by Gasteiger charge is 2.20. The van der Waals surface area contributed by atoms with Crippen LogP contribution in [0.15, 0.2) is 18.2 Å². The van der Waals surface area contributed by atoms with E-state index < -0.39 is 5.97 Å². The van der Waals surface area contributed by atoms with Gasteiger partial charge >= 0.3 is 5.97 Å². The zero-order chi connectivity index (χ0) is 13.8. The highest BCUT2D eigenvalue weighted by Crippen LogP contribution is 2.21. The Hall–Kier alpha value is -1.88. The largest absolute Gasteiger partial charge is 0.478 e. The Morgan fingerprint density at radius 2 is 2.26 bits per heavy atom. The number of aromatic carboxylic acids is 1. The third-order valence-electron chi connectivity index (χ3n) is 3.20. The number of ether oxygens (including phenoxy) is 1. The molecule has 2 rings (SSSR count). The molecule has 0 saturated carbocycles. The van der Waals surface area contributed by atoms with Crippen LogP contribution < -0.4 is 5.32 Å². The predicted octanol–water partition coefficient (Wildman–Crippen LogP) is 2.20. The van der Waals surface area contributed by atoms with Crippen molar-refractivity contribution in [2.75, 3.05) is 11.9 Å². The molecule has 2 N–H and O–H groups in total. The van der Waals surface area contributed by atoms with Gasteiger partial charge in [-0.05, 0) is 31.4 Å². The normalized spacial score (nSPS) is 18.3. The van der Waals surface area contributed by atoms with Gasteiger partial charge in [0.2, 0.25) is 5.91 Å². The number of carboxylic acid groups (broad SMARTS) is 1. The van der Waals surface area contributed by atoms with Crippen molar-refractivity contribution in [1.82, 2.24) is 0 Å². The third kappa shape index (κ3) is 3.32. The van der Waals surface area contributed by atoms with Gasteiger partial charge in [-0.2, -0.15) is 0 Å². The number of carboxylic acids is 1. The molecule has 1 amide bonds. The minimum absolute atomic E-state index is 0.0434. The van der Waals surface area contributed by atoms with Crippen LogP contribution in [0.2, 0.25) is 0 Å². The summed E-state index contributed by atoms with van der Waals surface area (Å²) in [5, 5.41) is 11.8. The number of aryl methyl sites for hydroxylation is 1. The molecule has 1 fully saturated rings. The number of carbonyl (C=O) groups is 2. The molecule has 5 heteroatoms. The lowest BCUT2D eigenvalue weighted by molar-refractivity contribution is -0.118. The van der Waals surface area contributed by atoms with E-state index in [0.29, 0.717) is 17.9 Å². The van der Waals surface area contributed by atoms with Crippen LogP contribution in [0.1, 0.15) is 35.2 Å². The molecule has 1 atom stereocenters. The van der Waals surface area contributed by atoms with Crippen molar-refractivity contribution in [3.05, 3.63) is 29.3 Å². The van der Waals surface area contributed by atoms with Crippen LogP contribution in [0.4, 0.5) is 5.69 Å². The molecule has 1 saturated heterocycles. The molecule has 0 radical (unpaired) electrons. The average molecular weight is 263 g/mol. The molecule has 19 heavy (non-hydrogen) atoms. The van der Waals surface area contributed by atoms with Crippen molar-refractivity contribution < 1.29 is 19.4 Å². The standard InChI is InChI=1S/C14H17NO4/c1-9-4-2-6-11(13(9)14(17)18)15-12(16)8-10-5-3-7-19-10/h2,4,6,10H,3,5,7-8H2,1H3,(H,15,16)(H,17,18). The number of carbonyl (C=O) groups excluding carboxylic acids is 1. The Bertz CT molecular complexity index is 492. The van der Waals surface area contributed by atoms with E-state index >= 15 is 0 Å². The predicted molar refractivity (Wildman–Crippen MR) is 70.4 cm³/mol. The van der Waals surface area contributed by atoms with Crippen LogP contribution in [0.25, 0.3) is 0 Å². The lowest BCUT2D eigenvalue weighted by atomic mass is 10.1. The van der Waals surface area contributed by atoms with E-state index in [4.69, 9.17) is 9.84 Å². The molecule has 1 unspecified atom stereocenters. The van der Waals surface area contributed by atoms with Crippen molar-refractivity contribution in [2.45, 2.75) is 32.3 Å². The summed E-state index contributed by atoms with van der Waals surface area (Å²) in [5.74, 6) is -1.24. The fourth-order valence-corrected chi connectivity index (χ4v) is 2.27. The SMILES string of the molecule is Cc1cccc(NC(=O)CC2CCCO2)c1C(=O)O. The van der Waals surface area contributed by atoms with Crippen molar-refractivity contribution in [1.29, 1.82) is 0 Å². The second kappa shape index (κ2) is 5.84.